The lowest BCUT2D eigenvalue weighted by Crippen LogP contribution is -2.12. The molecule has 0 bridgehead atoms. The van der Waals surface area contributed by atoms with Gasteiger partial charge in [-0.2, -0.15) is 5.26 Å². The molecule has 0 amide bonds. The van der Waals surface area contributed by atoms with Crippen LogP contribution in [0.5, 0.6) is 0 Å². The first-order valence-electron chi connectivity index (χ1n) is 3.79. The number of nitrogens with zero attached hydrogens (tertiary/aromatic N) is 2. The van der Waals surface area contributed by atoms with Gasteiger partial charge in [0.05, 0.1) is 5.69 Å². The van der Waals surface area contributed by atoms with E-state index >= 15 is 0 Å². The minimum Gasteiger partial charge on any atom is -0.271 e. The highest BCUT2D eigenvalue weighted by Crippen LogP contribution is 2.14. The predicted molar refractivity (Wildman–Crippen MR) is 55.8 cm³/mol. The summed E-state index contributed by atoms with van der Waals surface area (Å²) in [5.74, 6) is -0.344. The summed E-state index contributed by atoms with van der Waals surface area (Å²) < 4.78 is 12.7. The number of nitrogens with one attached hydrogen (secondary N) is 1. The Hall–Kier alpha value is -1.54. The van der Waals surface area contributed by atoms with Gasteiger partial charge in [0.15, 0.2) is 11.4 Å². The number of hydrogen-bond acceptors (Lipinski definition) is 3. The molecule has 0 spiro atoms. The number of hydrogen-bond donors (Lipinski definition) is 1. The Kier molecular flexibility index (Phi) is 3.95. The summed E-state index contributed by atoms with van der Waals surface area (Å²) in [6.07, 6.45) is 3.54. The zero-order chi connectivity index (χ0) is 10.4. The van der Waals surface area contributed by atoms with E-state index in [1.807, 2.05) is 0 Å². The van der Waals surface area contributed by atoms with Crippen LogP contribution in [0.15, 0.2) is 29.3 Å². The van der Waals surface area contributed by atoms with Crippen LogP contribution in [0.25, 0.3) is 0 Å². The Morgan fingerprint density at radius 2 is 2.43 bits per heavy atom. The van der Waals surface area contributed by atoms with Crippen LogP contribution in [-0.2, 0) is 0 Å². The Bertz CT molecular complexity index is 384. The van der Waals surface area contributed by atoms with E-state index < -0.39 is 0 Å². The monoisotopic (exact) mass is 209 g/mol. The molecule has 0 aliphatic carbocycles. The molecule has 72 valence electrons. The van der Waals surface area contributed by atoms with E-state index in [4.69, 9.17) is 5.26 Å². The van der Waals surface area contributed by atoms with E-state index in [-0.39, 0.29) is 5.82 Å². The first kappa shape index (κ1) is 10.5. The molecule has 0 saturated heterocycles. The molecule has 0 aliphatic rings. The standard InChI is InChI=1S/C9H8FN3S/c1-14-9(12-6-11)13-8-4-2-3-7(10)5-8/h2-5H,1H3,(H,12,13). The summed E-state index contributed by atoms with van der Waals surface area (Å²) in [6.45, 7) is 0. The van der Waals surface area contributed by atoms with E-state index in [1.54, 1.807) is 24.6 Å². The molecule has 1 aromatic rings. The first-order chi connectivity index (χ1) is 6.76. The summed E-state index contributed by atoms with van der Waals surface area (Å²) in [6, 6.07) is 5.88. The number of benzene rings is 1. The van der Waals surface area contributed by atoms with Crippen molar-refractivity contribution < 1.29 is 4.39 Å². The molecule has 0 fully saturated rings. The topological polar surface area (TPSA) is 48.2 Å². The first-order valence-corrected chi connectivity index (χ1v) is 5.02. The van der Waals surface area contributed by atoms with Crippen molar-refractivity contribution >= 4 is 22.6 Å². The van der Waals surface area contributed by atoms with Crippen LogP contribution in [0.3, 0.4) is 0 Å². The second-order valence-electron chi connectivity index (χ2n) is 2.34. The van der Waals surface area contributed by atoms with Gasteiger partial charge in [-0.3, -0.25) is 5.32 Å². The molecule has 1 aromatic carbocycles. The van der Waals surface area contributed by atoms with Crippen LogP contribution in [0, 0.1) is 17.3 Å². The van der Waals surface area contributed by atoms with Crippen molar-refractivity contribution in [3.63, 3.8) is 0 Å². The number of rotatable bonds is 1. The number of halogens is 1. The van der Waals surface area contributed by atoms with Gasteiger partial charge >= 0.3 is 0 Å². The molecule has 3 nitrogen and oxygen atoms in total. The number of thioether (sulfide) groups is 1. The molecule has 5 heteroatoms. The number of nitriles is 1. The van der Waals surface area contributed by atoms with E-state index in [0.717, 1.165) is 0 Å². The highest BCUT2D eigenvalue weighted by molar-refractivity contribution is 8.13. The third-order valence-corrected chi connectivity index (χ3v) is 1.98. The summed E-state index contributed by atoms with van der Waals surface area (Å²) >= 11 is 1.29. The lowest BCUT2D eigenvalue weighted by Gasteiger charge is -1.99. The predicted octanol–water partition coefficient (Wildman–Crippen LogP) is 2.25. The fraction of sp³-hybridized carbons (Fsp3) is 0.111. The average molecular weight is 209 g/mol. The van der Waals surface area contributed by atoms with Crippen molar-refractivity contribution in [3.8, 4) is 6.19 Å². The molecule has 0 radical (unpaired) electrons. The van der Waals surface area contributed by atoms with Crippen molar-refractivity contribution in [2.75, 3.05) is 6.26 Å². The second kappa shape index (κ2) is 5.25. The van der Waals surface area contributed by atoms with Crippen molar-refractivity contribution in [2.24, 2.45) is 4.99 Å². The van der Waals surface area contributed by atoms with Crippen LogP contribution in [0.1, 0.15) is 0 Å². The maximum Gasteiger partial charge on any atom is 0.183 e. The van der Waals surface area contributed by atoms with Gasteiger partial charge < -0.3 is 0 Å². The van der Waals surface area contributed by atoms with Gasteiger partial charge in [0.2, 0.25) is 0 Å². The normalized spacial score (nSPS) is 10.8. The van der Waals surface area contributed by atoms with Crippen LogP contribution >= 0.6 is 11.8 Å². The fourth-order valence-electron chi connectivity index (χ4n) is 0.835. The summed E-state index contributed by atoms with van der Waals surface area (Å²) in [5, 5.41) is 11.2. The quantitative estimate of drug-likeness (QED) is 0.334. The SMILES string of the molecule is CSC(=Nc1cccc(F)c1)NC#N. The third kappa shape index (κ3) is 3.07. The van der Waals surface area contributed by atoms with Crippen molar-refractivity contribution in [1.29, 1.82) is 5.26 Å². The highest BCUT2D eigenvalue weighted by Gasteiger charge is 1.96. The maximum absolute atomic E-state index is 12.7. The molecule has 0 saturated carbocycles. The number of aliphatic imine (C=N–C) groups is 1. The molecule has 0 unspecified atom stereocenters. The van der Waals surface area contributed by atoms with Gasteiger partial charge in [-0.15, -0.1) is 0 Å². The Morgan fingerprint density at radius 3 is 3.00 bits per heavy atom. The molecule has 1 rings (SSSR count). The van der Waals surface area contributed by atoms with E-state index in [2.05, 4.69) is 10.3 Å². The highest BCUT2D eigenvalue weighted by atomic mass is 32.2. The van der Waals surface area contributed by atoms with Crippen molar-refractivity contribution in [3.05, 3.63) is 30.1 Å². The molecule has 0 aliphatic heterocycles. The summed E-state index contributed by atoms with van der Waals surface area (Å²) in [5.41, 5.74) is 0.483. The largest absolute Gasteiger partial charge is 0.271 e. The average Bonchev–Trinajstić information content (AvgIpc) is 2.17. The molecule has 1 N–H and O–H groups in total. The van der Waals surface area contributed by atoms with Gasteiger partial charge in [0.25, 0.3) is 0 Å². The minimum absolute atomic E-state index is 0.344. The zero-order valence-electron chi connectivity index (χ0n) is 7.49. The zero-order valence-corrected chi connectivity index (χ0v) is 8.31. The van der Waals surface area contributed by atoms with Gasteiger partial charge in [-0.05, 0) is 24.5 Å². The van der Waals surface area contributed by atoms with Gasteiger partial charge in [0.1, 0.15) is 5.82 Å². The Balaban J connectivity index is 2.89. The smallest absolute Gasteiger partial charge is 0.183 e. The molecule has 0 atom stereocenters. The van der Waals surface area contributed by atoms with E-state index in [1.165, 1.54) is 23.9 Å². The van der Waals surface area contributed by atoms with E-state index in [9.17, 15) is 4.39 Å². The fourth-order valence-corrected chi connectivity index (χ4v) is 1.18. The molecule has 14 heavy (non-hydrogen) atoms. The van der Waals surface area contributed by atoms with E-state index in [0.29, 0.717) is 10.9 Å². The van der Waals surface area contributed by atoms with Gasteiger partial charge in [-0.1, -0.05) is 17.8 Å². The van der Waals surface area contributed by atoms with Crippen LogP contribution in [-0.4, -0.2) is 11.4 Å². The lowest BCUT2D eigenvalue weighted by atomic mass is 10.3. The molecule has 0 aromatic heterocycles. The van der Waals surface area contributed by atoms with Gasteiger partial charge in [-0.25, -0.2) is 9.38 Å². The maximum atomic E-state index is 12.7. The summed E-state index contributed by atoms with van der Waals surface area (Å²) in [4.78, 5) is 4.03. The second-order valence-corrected chi connectivity index (χ2v) is 3.13. The van der Waals surface area contributed by atoms with Crippen molar-refractivity contribution in [1.82, 2.24) is 5.32 Å². The van der Waals surface area contributed by atoms with Gasteiger partial charge in [0, 0.05) is 0 Å². The third-order valence-electron chi connectivity index (χ3n) is 1.40. The lowest BCUT2D eigenvalue weighted by molar-refractivity contribution is 0.628. The van der Waals surface area contributed by atoms with Crippen LogP contribution in [0.2, 0.25) is 0 Å². The molecule has 0 heterocycles. The Labute approximate surface area is 85.7 Å². The van der Waals surface area contributed by atoms with Crippen LogP contribution < -0.4 is 5.32 Å². The van der Waals surface area contributed by atoms with Crippen molar-refractivity contribution in [2.45, 2.75) is 0 Å². The molecular formula is C9H8FN3S. The summed E-state index contributed by atoms with van der Waals surface area (Å²) in [7, 11) is 0. The Morgan fingerprint density at radius 1 is 1.64 bits per heavy atom. The number of amidine groups is 1. The minimum atomic E-state index is -0.344. The molecular weight excluding hydrogens is 201 g/mol. The van der Waals surface area contributed by atoms with Crippen LogP contribution in [0.4, 0.5) is 10.1 Å².